The maximum atomic E-state index is 12.4. The van der Waals surface area contributed by atoms with Crippen LogP contribution in [0, 0.1) is 46.3 Å². The summed E-state index contributed by atoms with van der Waals surface area (Å²) in [6.45, 7) is 15.1. The second-order valence-electron chi connectivity index (χ2n) is 12.3. The molecule has 1 amide bonds. The van der Waals surface area contributed by atoms with Crippen LogP contribution in [0.25, 0.3) is 0 Å². The molecule has 4 saturated carbocycles. The van der Waals surface area contributed by atoms with E-state index in [1.807, 2.05) is 34.6 Å². The maximum absolute atomic E-state index is 12.4. The SMILES string of the molecule is CC.CC.CC(CCC1CCC2C3CCC4CCCCC4(C)C3CCC12C)C(=O)NCCS(=O)(=O)O. The van der Waals surface area contributed by atoms with E-state index in [-0.39, 0.29) is 18.4 Å². The molecule has 6 heteroatoms. The third-order valence-corrected chi connectivity index (χ3v) is 11.6. The van der Waals surface area contributed by atoms with E-state index in [2.05, 4.69) is 19.2 Å². The third kappa shape index (κ3) is 6.87. The molecule has 212 valence electrons. The van der Waals surface area contributed by atoms with Gasteiger partial charge in [0.2, 0.25) is 5.91 Å². The summed E-state index contributed by atoms with van der Waals surface area (Å²) in [6, 6.07) is 0. The number of carbonyl (C=O) groups is 1. The second-order valence-corrected chi connectivity index (χ2v) is 13.8. The van der Waals surface area contributed by atoms with E-state index in [1.165, 1.54) is 64.2 Å². The molecule has 4 rings (SSSR count). The third-order valence-electron chi connectivity index (χ3n) is 10.8. The van der Waals surface area contributed by atoms with Gasteiger partial charge >= 0.3 is 0 Å². The summed E-state index contributed by atoms with van der Waals surface area (Å²) in [6.07, 6.45) is 16.1. The van der Waals surface area contributed by atoms with Crippen molar-refractivity contribution >= 4 is 16.0 Å². The molecular formula is C30H57NO4S. The lowest BCUT2D eigenvalue weighted by Crippen LogP contribution is -2.52. The fraction of sp³-hybridized carbons (Fsp3) is 0.967. The minimum absolute atomic E-state index is 0.0198. The Hall–Kier alpha value is -0.620. The topological polar surface area (TPSA) is 83.5 Å². The van der Waals surface area contributed by atoms with Gasteiger partial charge in [-0.15, -0.1) is 0 Å². The van der Waals surface area contributed by atoms with Crippen LogP contribution in [0.4, 0.5) is 0 Å². The quantitative estimate of drug-likeness (QED) is 0.336. The van der Waals surface area contributed by atoms with Crippen molar-refractivity contribution in [2.75, 3.05) is 12.3 Å². The molecule has 5 nitrogen and oxygen atoms in total. The first-order valence-corrected chi connectivity index (χ1v) is 16.9. The minimum Gasteiger partial charge on any atom is -0.355 e. The predicted octanol–water partition coefficient (Wildman–Crippen LogP) is 7.51. The van der Waals surface area contributed by atoms with Gasteiger partial charge in [0.25, 0.3) is 10.1 Å². The van der Waals surface area contributed by atoms with Crippen LogP contribution in [-0.4, -0.2) is 31.2 Å². The first kappa shape index (κ1) is 31.6. The van der Waals surface area contributed by atoms with Gasteiger partial charge in [-0.05, 0) is 105 Å². The van der Waals surface area contributed by atoms with E-state index in [1.54, 1.807) is 0 Å². The molecule has 0 aliphatic heterocycles. The highest BCUT2D eigenvalue weighted by Gasteiger charge is 2.59. The van der Waals surface area contributed by atoms with Crippen molar-refractivity contribution in [3.63, 3.8) is 0 Å². The highest BCUT2D eigenvalue weighted by Crippen LogP contribution is 2.67. The van der Waals surface area contributed by atoms with Crippen molar-refractivity contribution in [2.24, 2.45) is 46.3 Å². The average Bonchev–Trinajstić information content (AvgIpc) is 3.20. The number of rotatable bonds is 7. The minimum atomic E-state index is -4.03. The molecule has 0 spiro atoms. The average molecular weight is 528 g/mol. The van der Waals surface area contributed by atoms with E-state index in [0.717, 1.165) is 36.5 Å². The Morgan fingerprint density at radius 1 is 0.917 bits per heavy atom. The Labute approximate surface area is 223 Å². The van der Waals surface area contributed by atoms with Gasteiger partial charge in [-0.25, -0.2) is 0 Å². The highest BCUT2D eigenvalue weighted by molar-refractivity contribution is 7.85. The molecule has 0 aromatic rings. The number of fused-ring (bicyclic) bond motifs is 5. The molecule has 0 radical (unpaired) electrons. The lowest BCUT2D eigenvalue weighted by molar-refractivity contribution is -0.125. The number of nitrogens with one attached hydrogen (secondary N) is 1. The Morgan fingerprint density at radius 2 is 1.58 bits per heavy atom. The monoisotopic (exact) mass is 527 g/mol. The summed E-state index contributed by atoms with van der Waals surface area (Å²) < 4.78 is 30.5. The zero-order valence-corrected chi connectivity index (χ0v) is 25.3. The second kappa shape index (κ2) is 13.4. The van der Waals surface area contributed by atoms with Crippen molar-refractivity contribution in [3.05, 3.63) is 0 Å². The number of amides is 1. The van der Waals surface area contributed by atoms with Crippen LogP contribution in [0.3, 0.4) is 0 Å². The molecule has 2 N–H and O–H groups in total. The van der Waals surface area contributed by atoms with Gasteiger partial charge < -0.3 is 5.32 Å². The molecular weight excluding hydrogens is 470 g/mol. The number of hydrogen-bond acceptors (Lipinski definition) is 3. The summed E-state index contributed by atoms with van der Waals surface area (Å²) in [7, 11) is -4.03. The summed E-state index contributed by atoms with van der Waals surface area (Å²) in [5.74, 6) is 3.76. The van der Waals surface area contributed by atoms with Crippen LogP contribution in [0.15, 0.2) is 0 Å². The lowest BCUT2D eigenvalue weighted by atomic mass is 9.45. The summed E-state index contributed by atoms with van der Waals surface area (Å²) in [5.41, 5.74) is 1.02. The van der Waals surface area contributed by atoms with Crippen LogP contribution in [-0.2, 0) is 14.9 Å². The van der Waals surface area contributed by atoms with Crippen molar-refractivity contribution in [1.29, 1.82) is 0 Å². The molecule has 0 saturated heterocycles. The number of carbonyl (C=O) groups excluding carboxylic acids is 1. The van der Waals surface area contributed by atoms with Crippen molar-refractivity contribution in [3.8, 4) is 0 Å². The Kier molecular flexibility index (Phi) is 11.8. The largest absolute Gasteiger partial charge is 0.355 e. The highest BCUT2D eigenvalue weighted by atomic mass is 32.2. The standard InChI is InChI=1S/C26H45NO4S.2C2H6/c1-18(24(28)27-16-17-32(29,30)31)7-8-20-10-12-22-21-11-9-19-6-4-5-14-25(19,2)23(21)13-15-26(20,22)3;2*1-2/h18-23H,4-17H2,1-3H3,(H,27,28)(H,29,30,31);2*1-2H3. The van der Waals surface area contributed by atoms with Gasteiger partial charge in [-0.1, -0.05) is 61.3 Å². The Bertz CT molecular complexity index is 799. The zero-order valence-electron chi connectivity index (χ0n) is 24.4. The molecule has 0 heterocycles. The maximum Gasteiger partial charge on any atom is 0.266 e. The van der Waals surface area contributed by atoms with Gasteiger partial charge in [-0.2, -0.15) is 8.42 Å². The molecule has 0 bridgehead atoms. The fourth-order valence-corrected chi connectivity index (χ4v) is 9.30. The van der Waals surface area contributed by atoms with Gasteiger partial charge in [0.05, 0.1) is 5.75 Å². The summed E-state index contributed by atoms with van der Waals surface area (Å²) >= 11 is 0. The van der Waals surface area contributed by atoms with Crippen LogP contribution >= 0.6 is 0 Å². The predicted molar refractivity (Wildman–Crippen MR) is 150 cm³/mol. The Morgan fingerprint density at radius 3 is 2.25 bits per heavy atom. The van der Waals surface area contributed by atoms with Crippen molar-refractivity contribution in [1.82, 2.24) is 5.32 Å². The summed E-state index contributed by atoms with van der Waals surface area (Å²) in [5, 5.41) is 2.67. The van der Waals surface area contributed by atoms with E-state index in [9.17, 15) is 13.2 Å². The van der Waals surface area contributed by atoms with E-state index in [4.69, 9.17) is 4.55 Å². The van der Waals surface area contributed by atoms with Gasteiger partial charge in [0.1, 0.15) is 0 Å². The van der Waals surface area contributed by atoms with E-state index < -0.39 is 15.9 Å². The number of hydrogen-bond donors (Lipinski definition) is 2. The molecule has 4 fully saturated rings. The molecule has 0 aromatic carbocycles. The lowest BCUT2D eigenvalue weighted by Gasteiger charge is -2.60. The molecule has 4 aliphatic carbocycles. The van der Waals surface area contributed by atoms with Gasteiger partial charge in [0, 0.05) is 12.5 Å². The fourth-order valence-electron chi connectivity index (χ4n) is 8.94. The van der Waals surface area contributed by atoms with Gasteiger partial charge in [-0.3, -0.25) is 9.35 Å². The molecule has 36 heavy (non-hydrogen) atoms. The Balaban J connectivity index is 0.00000109. The normalized spacial score (nSPS) is 38.1. The first-order chi connectivity index (χ1) is 17.0. The van der Waals surface area contributed by atoms with Gasteiger partial charge in [0.15, 0.2) is 0 Å². The summed E-state index contributed by atoms with van der Waals surface area (Å²) in [4.78, 5) is 12.4. The van der Waals surface area contributed by atoms with E-state index in [0.29, 0.717) is 16.7 Å². The molecule has 8 atom stereocenters. The first-order valence-electron chi connectivity index (χ1n) is 15.3. The van der Waals surface area contributed by atoms with Crippen LogP contribution in [0.1, 0.15) is 126 Å². The van der Waals surface area contributed by atoms with Crippen LogP contribution in [0.5, 0.6) is 0 Å². The van der Waals surface area contributed by atoms with Crippen molar-refractivity contribution < 1.29 is 17.8 Å². The van der Waals surface area contributed by atoms with Crippen molar-refractivity contribution in [2.45, 2.75) is 126 Å². The van der Waals surface area contributed by atoms with Crippen LogP contribution in [0.2, 0.25) is 0 Å². The van der Waals surface area contributed by atoms with Crippen LogP contribution < -0.4 is 5.32 Å². The van der Waals surface area contributed by atoms with E-state index >= 15 is 0 Å². The molecule has 0 aromatic heterocycles. The zero-order chi connectivity index (χ0) is 27.1. The molecule has 8 unspecified atom stereocenters. The molecule has 4 aliphatic rings. The smallest absolute Gasteiger partial charge is 0.266 e.